The van der Waals surface area contributed by atoms with Crippen LogP contribution in [-0.4, -0.2) is 16.1 Å². The average Bonchev–Trinajstić information content (AvgIpc) is 2.45. The summed E-state index contributed by atoms with van der Waals surface area (Å²) in [5.41, 5.74) is 2.80. The Morgan fingerprint density at radius 1 is 0.947 bits per heavy atom. The van der Waals surface area contributed by atoms with E-state index in [0.29, 0.717) is 0 Å². The quantitative estimate of drug-likeness (QED) is 0.848. The molecule has 0 spiro atoms. The molecule has 0 fully saturated rings. The summed E-state index contributed by atoms with van der Waals surface area (Å²) in [7, 11) is 0. The van der Waals surface area contributed by atoms with Crippen LogP contribution in [0.4, 0.5) is 0 Å². The lowest BCUT2D eigenvalue weighted by atomic mass is 10.1. The standard InChI is InChI=1S/C16H13NO2/c18-16(19)11-9-14-6-4-13(5-7-14)8-10-15-3-1-2-12-17-15/h1-12H,(H,18,19). The van der Waals surface area contributed by atoms with Gasteiger partial charge in [-0.05, 0) is 35.4 Å². The molecule has 1 aromatic heterocycles. The van der Waals surface area contributed by atoms with E-state index in [2.05, 4.69) is 4.98 Å². The Labute approximate surface area is 111 Å². The molecule has 0 saturated heterocycles. The van der Waals surface area contributed by atoms with Gasteiger partial charge in [0.2, 0.25) is 0 Å². The summed E-state index contributed by atoms with van der Waals surface area (Å²) >= 11 is 0. The maximum Gasteiger partial charge on any atom is 0.328 e. The number of pyridine rings is 1. The minimum absolute atomic E-state index is 0.859. The number of hydrogen-bond donors (Lipinski definition) is 1. The summed E-state index contributed by atoms with van der Waals surface area (Å²) < 4.78 is 0. The summed E-state index contributed by atoms with van der Waals surface area (Å²) in [6, 6.07) is 13.4. The zero-order chi connectivity index (χ0) is 13.5. The molecule has 3 nitrogen and oxygen atoms in total. The molecule has 0 aliphatic rings. The van der Waals surface area contributed by atoms with E-state index >= 15 is 0 Å². The number of aromatic nitrogens is 1. The van der Waals surface area contributed by atoms with Gasteiger partial charge in [-0.25, -0.2) is 4.79 Å². The van der Waals surface area contributed by atoms with Gasteiger partial charge in [0.25, 0.3) is 0 Å². The van der Waals surface area contributed by atoms with E-state index in [9.17, 15) is 4.79 Å². The van der Waals surface area contributed by atoms with Crippen LogP contribution in [0.25, 0.3) is 18.2 Å². The molecule has 0 aliphatic heterocycles. The third-order valence-electron chi connectivity index (χ3n) is 2.49. The summed E-state index contributed by atoms with van der Waals surface area (Å²) in [5.74, 6) is -0.945. The van der Waals surface area contributed by atoms with Crippen LogP contribution in [0.15, 0.2) is 54.7 Å². The van der Waals surface area contributed by atoms with Gasteiger partial charge < -0.3 is 5.11 Å². The van der Waals surface area contributed by atoms with Gasteiger partial charge in [0.1, 0.15) is 0 Å². The van der Waals surface area contributed by atoms with Crippen LogP contribution in [0.1, 0.15) is 16.8 Å². The Morgan fingerprint density at radius 2 is 1.63 bits per heavy atom. The highest BCUT2D eigenvalue weighted by molar-refractivity contribution is 5.85. The molecule has 0 amide bonds. The normalized spacial score (nSPS) is 11.2. The highest BCUT2D eigenvalue weighted by Crippen LogP contribution is 2.09. The second-order valence-corrected chi connectivity index (χ2v) is 3.93. The lowest BCUT2D eigenvalue weighted by Gasteiger charge is -1.96. The Morgan fingerprint density at radius 3 is 2.21 bits per heavy atom. The lowest BCUT2D eigenvalue weighted by Crippen LogP contribution is -1.85. The molecule has 19 heavy (non-hydrogen) atoms. The molecule has 94 valence electrons. The number of nitrogens with zero attached hydrogens (tertiary/aromatic N) is 1. The first kappa shape index (κ1) is 12.8. The van der Waals surface area contributed by atoms with Gasteiger partial charge >= 0.3 is 5.97 Å². The SMILES string of the molecule is O=C(O)C=Cc1ccc(C=Cc2ccccn2)cc1. The molecule has 0 bridgehead atoms. The number of carboxylic acid groups (broad SMARTS) is 1. The van der Waals surface area contributed by atoms with Crippen molar-refractivity contribution >= 4 is 24.2 Å². The van der Waals surface area contributed by atoms with Crippen molar-refractivity contribution in [2.75, 3.05) is 0 Å². The third kappa shape index (κ3) is 4.24. The van der Waals surface area contributed by atoms with E-state index in [-0.39, 0.29) is 0 Å². The fourth-order valence-electron chi connectivity index (χ4n) is 1.54. The van der Waals surface area contributed by atoms with E-state index in [1.807, 2.05) is 54.6 Å². The van der Waals surface area contributed by atoms with Crippen molar-refractivity contribution in [1.29, 1.82) is 0 Å². The van der Waals surface area contributed by atoms with Gasteiger partial charge in [0, 0.05) is 12.3 Å². The predicted octanol–water partition coefficient (Wildman–Crippen LogP) is 3.35. The number of benzene rings is 1. The summed E-state index contributed by atoms with van der Waals surface area (Å²) in [5, 5.41) is 8.53. The van der Waals surface area contributed by atoms with Crippen LogP contribution in [-0.2, 0) is 4.79 Å². The molecule has 1 heterocycles. The molecule has 2 rings (SSSR count). The molecule has 0 radical (unpaired) electrons. The van der Waals surface area contributed by atoms with Gasteiger partial charge in [-0.15, -0.1) is 0 Å². The van der Waals surface area contributed by atoms with E-state index < -0.39 is 5.97 Å². The van der Waals surface area contributed by atoms with Gasteiger partial charge in [-0.2, -0.15) is 0 Å². The Bertz CT molecular complexity index is 598. The molecule has 0 unspecified atom stereocenters. The summed E-state index contributed by atoms with van der Waals surface area (Å²) in [6.07, 6.45) is 8.34. The van der Waals surface area contributed by atoms with E-state index in [4.69, 9.17) is 5.11 Å². The summed E-state index contributed by atoms with van der Waals surface area (Å²) in [6.45, 7) is 0. The van der Waals surface area contributed by atoms with E-state index in [0.717, 1.165) is 22.9 Å². The second kappa shape index (κ2) is 6.31. The zero-order valence-corrected chi connectivity index (χ0v) is 10.2. The minimum atomic E-state index is -0.945. The van der Waals surface area contributed by atoms with Gasteiger partial charge in [0.15, 0.2) is 0 Å². The van der Waals surface area contributed by atoms with E-state index in [1.165, 1.54) is 0 Å². The van der Waals surface area contributed by atoms with Crippen molar-refractivity contribution in [2.45, 2.75) is 0 Å². The van der Waals surface area contributed by atoms with Crippen molar-refractivity contribution in [2.24, 2.45) is 0 Å². The highest BCUT2D eigenvalue weighted by Gasteiger charge is 1.91. The largest absolute Gasteiger partial charge is 0.478 e. The second-order valence-electron chi connectivity index (χ2n) is 3.93. The number of carbonyl (C=O) groups is 1. The molecule has 0 saturated carbocycles. The molecule has 1 aromatic carbocycles. The lowest BCUT2D eigenvalue weighted by molar-refractivity contribution is -0.131. The average molecular weight is 251 g/mol. The number of aliphatic carboxylic acids is 1. The topological polar surface area (TPSA) is 50.2 Å². The van der Waals surface area contributed by atoms with Crippen molar-refractivity contribution < 1.29 is 9.90 Å². The monoisotopic (exact) mass is 251 g/mol. The maximum absolute atomic E-state index is 10.4. The first-order valence-corrected chi connectivity index (χ1v) is 5.84. The van der Waals surface area contributed by atoms with Crippen molar-refractivity contribution in [3.05, 3.63) is 71.6 Å². The van der Waals surface area contributed by atoms with E-state index in [1.54, 1.807) is 12.3 Å². The van der Waals surface area contributed by atoms with Crippen molar-refractivity contribution in [1.82, 2.24) is 4.98 Å². The maximum atomic E-state index is 10.4. The highest BCUT2D eigenvalue weighted by atomic mass is 16.4. The number of hydrogen-bond acceptors (Lipinski definition) is 2. The van der Waals surface area contributed by atoms with Crippen LogP contribution >= 0.6 is 0 Å². The van der Waals surface area contributed by atoms with Gasteiger partial charge in [0.05, 0.1) is 5.69 Å². The third-order valence-corrected chi connectivity index (χ3v) is 2.49. The Balaban J connectivity index is 2.07. The molecule has 1 N–H and O–H groups in total. The fourth-order valence-corrected chi connectivity index (χ4v) is 1.54. The smallest absolute Gasteiger partial charge is 0.328 e. The van der Waals surface area contributed by atoms with Crippen LogP contribution in [0.3, 0.4) is 0 Å². The van der Waals surface area contributed by atoms with Crippen molar-refractivity contribution in [3.63, 3.8) is 0 Å². The predicted molar refractivity (Wildman–Crippen MR) is 76.3 cm³/mol. The van der Waals surface area contributed by atoms with Gasteiger partial charge in [-0.3, -0.25) is 4.98 Å². The van der Waals surface area contributed by atoms with Crippen LogP contribution in [0.2, 0.25) is 0 Å². The van der Waals surface area contributed by atoms with Crippen LogP contribution in [0.5, 0.6) is 0 Å². The number of rotatable bonds is 4. The Kier molecular flexibility index (Phi) is 4.24. The molecule has 0 atom stereocenters. The molecule has 0 aliphatic carbocycles. The van der Waals surface area contributed by atoms with Crippen molar-refractivity contribution in [3.8, 4) is 0 Å². The molecular formula is C16H13NO2. The number of carboxylic acids is 1. The molecule has 2 aromatic rings. The van der Waals surface area contributed by atoms with Crippen LogP contribution in [0, 0.1) is 0 Å². The zero-order valence-electron chi connectivity index (χ0n) is 10.2. The molecule has 3 heteroatoms. The first-order valence-electron chi connectivity index (χ1n) is 5.84. The fraction of sp³-hybridized carbons (Fsp3) is 0. The minimum Gasteiger partial charge on any atom is -0.478 e. The Hall–Kier alpha value is -2.68. The first-order chi connectivity index (χ1) is 9.24. The van der Waals surface area contributed by atoms with Gasteiger partial charge in [-0.1, -0.05) is 36.4 Å². The van der Waals surface area contributed by atoms with Crippen LogP contribution < -0.4 is 0 Å². The summed E-state index contributed by atoms with van der Waals surface area (Å²) in [4.78, 5) is 14.6. The molecular weight excluding hydrogens is 238 g/mol.